The monoisotopic (exact) mass is 297 g/mol. The molecule has 1 unspecified atom stereocenters. The van der Waals surface area contributed by atoms with Crippen molar-refractivity contribution in [1.82, 2.24) is 10.3 Å². The summed E-state index contributed by atoms with van der Waals surface area (Å²) in [6.45, 7) is 17.6. The van der Waals surface area contributed by atoms with Gasteiger partial charge in [-0.1, -0.05) is 34.1 Å². The fraction of sp³-hybridized carbons (Fsp3) is 0.812. The molecule has 1 aromatic heterocycles. The van der Waals surface area contributed by atoms with E-state index in [4.69, 9.17) is 4.98 Å². The predicted octanol–water partition coefficient (Wildman–Crippen LogP) is 4.07. The molecule has 0 aliphatic heterocycles. The van der Waals surface area contributed by atoms with E-state index in [1.54, 1.807) is 0 Å². The van der Waals surface area contributed by atoms with Crippen LogP contribution in [0.4, 0.5) is 5.13 Å². The second kappa shape index (κ2) is 8.63. The maximum absolute atomic E-state index is 4.77. The summed E-state index contributed by atoms with van der Waals surface area (Å²) in [5.41, 5.74) is 1.18. The Labute approximate surface area is 128 Å². The lowest BCUT2D eigenvalue weighted by atomic mass is 10.1. The van der Waals surface area contributed by atoms with Gasteiger partial charge in [-0.15, -0.1) is 11.3 Å². The Morgan fingerprint density at radius 3 is 2.50 bits per heavy atom. The van der Waals surface area contributed by atoms with Gasteiger partial charge in [0.1, 0.15) is 0 Å². The van der Waals surface area contributed by atoms with Crippen LogP contribution in [0.15, 0.2) is 0 Å². The first-order valence-corrected chi connectivity index (χ1v) is 8.71. The van der Waals surface area contributed by atoms with Gasteiger partial charge >= 0.3 is 0 Å². The molecule has 0 aromatic carbocycles. The fourth-order valence-corrected chi connectivity index (χ4v) is 3.14. The molecule has 1 rings (SSSR count). The summed E-state index contributed by atoms with van der Waals surface area (Å²) in [6, 6.07) is 0. The summed E-state index contributed by atoms with van der Waals surface area (Å²) in [6.07, 6.45) is 1.23. The van der Waals surface area contributed by atoms with Crippen LogP contribution in [0.5, 0.6) is 0 Å². The van der Waals surface area contributed by atoms with Crippen molar-refractivity contribution in [3.63, 3.8) is 0 Å². The third kappa shape index (κ3) is 5.41. The van der Waals surface area contributed by atoms with Gasteiger partial charge in [0.05, 0.1) is 5.69 Å². The molecule has 1 N–H and O–H groups in total. The molecule has 4 heteroatoms. The number of nitrogens with one attached hydrogen (secondary N) is 1. The van der Waals surface area contributed by atoms with Crippen LogP contribution in [0.3, 0.4) is 0 Å². The molecular weight excluding hydrogens is 266 g/mol. The highest BCUT2D eigenvalue weighted by Gasteiger charge is 2.14. The summed E-state index contributed by atoms with van der Waals surface area (Å²) in [7, 11) is 0. The van der Waals surface area contributed by atoms with Gasteiger partial charge in [-0.05, 0) is 32.2 Å². The van der Waals surface area contributed by atoms with E-state index < -0.39 is 0 Å². The number of anilines is 1. The van der Waals surface area contributed by atoms with E-state index in [0.29, 0.717) is 5.92 Å². The molecule has 116 valence electrons. The molecule has 20 heavy (non-hydrogen) atoms. The highest BCUT2D eigenvalue weighted by molar-refractivity contribution is 7.15. The highest BCUT2D eigenvalue weighted by Crippen LogP contribution is 2.26. The average molecular weight is 298 g/mol. The third-order valence-electron chi connectivity index (χ3n) is 3.60. The first kappa shape index (κ1) is 17.4. The zero-order valence-corrected chi connectivity index (χ0v) is 14.8. The fourth-order valence-electron chi connectivity index (χ4n) is 2.03. The number of thiazole rings is 1. The summed E-state index contributed by atoms with van der Waals surface area (Å²) in [4.78, 5) is 8.56. The molecule has 1 heterocycles. The first-order valence-electron chi connectivity index (χ1n) is 7.89. The van der Waals surface area contributed by atoms with Crippen molar-refractivity contribution >= 4 is 16.5 Å². The van der Waals surface area contributed by atoms with Gasteiger partial charge in [0.2, 0.25) is 0 Å². The quantitative estimate of drug-likeness (QED) is 0.744. The number of hydrogen-bond acceptors (Lipinski definition) is 4. The number of hydrogen-bond donors (Lipinski definition) is 1. The topological polar surface area (TPSA) is 28.2 Å². The van der Waals surface area contributed by atoms with Gasteiger partial charge in [0.15, 0.2) is 5.13 Å². The minimum Gasteiger partial charge on any atom is -0.348 e. The van der Waals surface area contributed by atoms with Gasteiger partial charge < -0.3 is 10.2 Å². The second-order valence-corrected chi connectivity index (χ2v) is 7.14. The van der Waals surface area contributed by atoms with Crippen LogP contribution in [0.25, 0.3) is 0 Å². The Morgan fingerprint density at radius 2 is 1.95 bits per heavy atom. The first-order chi connectivity index (χ1) is 9.47. The smallest absolute Gasteiger partial charge is 0.185 e. The van der Waals surface area contributed by atoms with E-state index in [9.17, 15) is 0 Å². The standard InChI is InChI=1S/C16H31N3S/c1-7-13(5)11-19(8-2)16-18-14(6)15(20-16)10-17-9-12(3)4/h12-13,17H,7-11H2,1-6H3. The summed E-state index contributed by atoms with van der Waals surface area (Å²) < 4.78 is 0. The van der Waals surface area contributed by atoms with E-state index >= 15 is 0 Å². The lowest BCUT2D eigenvalue weighted by Gasteiger charge is -2.23. The molecular formula is C16H31N3S. The van der Waals surface area contributed by atoms with E-state index in [2.05, 4.69) is 51.8 Å². The van der Waals surface area contributed by atoms with Crippen molar-refractivity contribution in [2.75, 3.05) is 24.5 Å². The van der Waals surface area contributed by atoms with E-state index in [0.717, 1.165) is 32.1 Å². The van der Waals surface area contributed by atoms with Crippen LogP contribution in [-0.4, -0.2) is 24.6 Å². The largest absolute Gasteiger partial charge is 0.348 e. The molecule has 1 aromatic rings. The molecule has 0 radical (unpaired) electrons. The Balaban J connectivity index is 2.66. The van der Waals surface area contributed by atoms with Crippen molar-refractivity contribution in [1.29, 1.82) is 0 Å². The molecule has 1 atom stereocenters. The summed E-state index contributed by atoms with van der Waals surface area (Å²) in [5, 5.41) is 4.70. The van der Waals surface area contributed by atoms with E-state index in [1.165, 1.54) is 22.1 Å². The molecule has 0 spiro atoms. The number of aromatic nitrogens is 1. The lowest BCUT2D eigenvalue weighted by molar-refractivity contribution is 0.547. The summed E-state index contributed by atoms with van der Waals surface area (Å²) in [5.74, 6) is 1.42. The Morgan fingerprint density at radius 1 is 1.25 bits per heavy atom. The predicted molar refractivity (Wildman–Crippen MR) is 90.7 cm³/mol. The van der Waals surface area contributed by atoms with Gasteiger partial charge in [-0.2, -0.15) is 0 Å². The normalized spacial score (nSPS) is 12.9. The molecule has 3 nitrogen and oxygen atoms in total. The molecule has 0 saturated carbocycles. The van der Waals surface area contributed by atoms with Crippen LogP contribution in [0.2, 0.25) is 0 Å². The minimum absolute atomic E-state index is 0.695. The number of rotatable bonds is 9. The second-order valence-electron chi connectivity index (χ2n) is 6.08. The van der Waals surface area contributed by atoms with Crippen LogP contribution < -0.4 is 10.2 Å². The summed E-state index contributed by atoms with van der Waals surface area (Å²) >= 11 is 1.85. The van der Waals surface area contributed by atoms with Crippen LogP contribution in [0, 0.1) is 18.8 Å². The molecule has 0 aliphatic carbocycles. The van der Waals surface area contributed by atoms with Crippen molar-refractivity contribution in [3.8, 4) is 0 Å². The van der Waals surface area contributed by atoms with Crippen molar-refractivity contribution in [2.45, 2.75) is 54.5 Å². The molecule has 0 bridgehead atoms. The maximum Gasteiger partial charge on any atom is 0.185 e. The number of nitrogens with zero attached hydrogens (tertiary/aromatic N) is 2. The zero-order chi connectivity index (χ0) is 15.1. The highest BCUT2D eigenvalue weighted by atomic mass is 32.1. The molecule has 0 fully saturated rings. The van der Waals surface area contributed by atoms with Crippen LogP contribution in [0.1, 0.15) is 51.6 Å². The Bertz CT molecular complexity index is 387. The van der Waals surface area contributed by atoms with Crippen LogP contribution in [-0.2, 0) is 6.54 Å². The van der Waals surface area contributed by atoms with Gasteiger partial charge in [-0.25, -0.2) is 4.98 Å². The van der Waals surface area contributed by atoms with Gasteiger partial charge in [-0.3, -0.25) is 0 Å². The van der Waals surface area contributed by atoms with Gasteiger partial charge in [0, 0.05) is 24.5 Å². The van der Waals surface area contributed by atoms with Crippen molar-refractivity contribution < 1.29 is 0 Å². The van der Waals surface area contributed by atoms with Crippen molar-refractivity contribution in [3.05, 3.63) is 10.6 Å². The molecule has 0 amide bonds. The lowest BCUT2D eigenvalue weighted by Crippen LogP contribution is -2.27. The third-order valence-corrected chi connectivity index (χ3v) is 4.82. The molecule has 0 saturated heterocycles. The van der Waals surface area contributed by atoms with Gasteiger partial charge in [0.25, 0.3) is 0 Å². The number of aryl methyl sites for hydroxylation is 1. The van der Waals surface area contributed by atoms with Crippen molar-refractivity contribution in [2.24, 2.45) is 11.8 Å². The molecule has 0 aliphatic rings. The minimum atomic E-state index is 0.695. The Hall–Kier alpha value is -0.610. The SMILES string of the molecule is CCC(C)CN(CC)c1nc(C)c(CNCC(C)C)s1. The Kier molecular flexibility index (Phi) is 7.52. The van der Waals surface area contributed by atoms with E-state index in [1.807, 2.05) is 11.3 Å². The zero-order valence-electron chi connectivity index (χ0n) is 14.0. The van der Waals surface area contributed by atoms with Crippen LogP contribution >= 0.6 is 11.3 Å². The maximum atomic E-state index is 4.77. The van der Waals surface area contributed by atoms with E-state index in [-0.39, 0.29) is 0 Å². The average Bonchev–Trinajstić information content (AvgIpc) is 2.76.